The fraction of sp³-hybridized carbons (Fsp3) is 0.700. The molecular formula is C20H30N4O3. The third-order valence-electron chi connectivity index (χ3n) is 6.55. The minimum absolute atomic E-state index is 0.0328. The summed E-state index contributed by atoms with van der Waals surface area (Å²) in [4.78, 5) is 21.0. The number of guanidine groups is 1. The van der Waals surface area contributed by atoms with E-state index in [4.69, 9.17) is 9.15 Å². The van der Waals surface area contributed by atoms with E-state index in [9.17, 15) is 4.79 Å². The van der Waals surface area contributed by atoms with Gasteiger partial charge in [-0.3, -0.25) is 9.79 Å². The van der Waals surface area contributed by atoms with Crippen molar-refractivity contribution in [2.24, 2.45) is 10.4 Å². The van der Waals surface area contributed by atoms with E-state index < -0.39 is 0 Å². The van der Waals surface area contributed by atoms with E-state index in [1.165, 1.54) is 19.3 Å². The van der Waals surface area contributed by atoms with Crippen molar-refractivity contribution in [1.29, 1.82) is 0 Å². The second-order valence-electron chi connectivity index (χ2n) is 7.77. The van der Waals surface area contributed by atoms with Crippen LogP contribution < -0.4 is 5.32 Å². The number of hydrogen-bond donors (Lipinski definition) is 1. The maximum absolute atomic E-state index is 12.4. The van der Waals surface area contributed by atoms with Crippen LogP contribution in [-0.4, -0.2) is 73.6 Å². The third kappa shape index (κ3) is 3.22. The highest BCUT2D eigenvalue weighted by atomic mass is 16.5. The van der Waals surface area contributed by atoms with Gasteiger partial charge in [-0.25, -0.2) is 0 Å². The molecule has 7 heteroatoms. The topological polar surface area (TPSA) is 70.3 Å². The number of rotatable bonds is 4. The monoisotopic (exact) mass is 374 g/mol. The van der Waals surface area contributed by atoms with E-state index in [1.54, 1.807) is 18.4 Å². The molecule has 1 aromatic rings. The highest BCUT2D eigenvalue weighted by Crippen LogP contribution is 2.57. The fourth-order valence-corrected chi connectivity index (χ4v) is 4.77. The lowest BCUT2D eigenvalue weighted by Gasteiger charge is -2.61. The Morgan fingerprint density at radius 2 is 2.07 bits per heavy atom. The molecule has 1 N–H and O–H groups in total. The van der Waals surface area contributed by atoms with Crippen LogP contribution in [0.5, 0.6) is 0 Å². The van der Waals surface area contributed by atoms with Gasteiger partial charge in [0.05, 0.1) is 12.4 Å². The van der Waals surface area contributed by atoms with E-state index in [1.807, 2.05) is 11.9 Å². The summed E-state index contributed by atoms with van der Waals surface area (Å²) in [5.74, 6) is 1.33. The second-order valence-corrected chi connectivity index (χ2v) is 7.77. The highest BCUT2D eigenvalue weighted by Gasteiger charge is 2.59. The zero-order chi connectivity index (χ0) is 18.9. The maximum atomic E-state index is 12.4. The number of amides is 1. The molecule has 1 spiro atoms. The van der Waals surface area contributed by atoms with Gasteiger partial charge in [0.15, 0.2) is 11.7 Å². The molecule has 0 radical (unpaired) electrons. The molecule has 1 saturated heterocycles. The van der Waals surface area contributed by atoms with E-state index in [-0.39, 0.29) is 5.91 Å². The van der Waals surface area contributed by atoms with Crippen LogP contribution in [0.3, 0.4) is 0 Å². The molecule has 4 rings (SSSR count). The average molecular weight is 374 g/mol. The van der Waals surface area contributed by atoms with Crippen LogP contribution >= 0.6 is 0 Å². The van der Waals surface area contributed by atoms with Crippen LogP contribution in [0.15, 0.2) is 27.8 Å². The van der Waals surface area contributed by atoms with Crippen molar-refractivity contribution in [1.82, 2.24) is 15.1 Å². The van der Waals surface area contributed by atoms with Gasteiger partial charge in [-0.2, -0.15) is 0 Å². The number of carbonyl (C=O) groups excluding carboxylic acids is 1. The maximum Gasteiger partial charge on any atom is 0.289 e. The zero-order valence-electron chi connectivity index (χ0n) is 16.3. The van der Waals surface area contributed by atoms with Crippen molar-refractivity contribution in [3.63, 3.8) is 0 Å². The predicted molar refractivity (Wildman–Crippen MR) is 103 cm³/mol. The number of furan rings is 1. The quantitative estimate of drug-likeness (QED) is 0.644. The Labute approximate surface area is 160 Å². The van der Waals surface area contributed by atoms with Crippen molar-refractivity contribution in [3.05, 3.63) is 24.2 Å². The molecule has 2 heterocycles. The van der Waals surface area contributed by atoms with Gasteiger partial charge in [-0.15, -0.1) is 0 Å². The molecule has 1 aromatic heterocycles. The Morgan fingerprint density at radius 1 is 1.33 bits per heavy atom. The number of nitrogens with zero attached hydrogens (tertiary/aromatic N) is 3. The summed E-state index contributed by atoms with van der Waals surface area (Å²) >= 11 is 0. The van der Waals surface area contributed by atoms with Crippen LogP contribution in [0, 0.1) is 5.41 Å². The molecule has 2 saturated carbocycles. The van der Waals surface area contributed by atoms with E-state index in [2.05, 4.69) is 22.1 Å². The Morgan fingerprint density at radius 3 is 2.63 bits per heavy atom. The summed E-state index contributed by atoms with van der Waals surface area (Å²) in [7, 11) is 1.84. The van der Waals surface area contributed by atoms with Gasteiger partial charge in [0, 0.05) is 51.3 Å². The Bertz CT molecular complexity index is 675. The Hall–Kier alpha value is -2.02. The van der Waals surface area contributed by atoms with Crippen molar-refractivity contribution in [3.8, 4) is 0 Å². The lowest BCUT2D eigenvalue weighted by molar-refractivity contribution is -0.169. The summed E-state index contributed by atoms with van der Waals surface area (Å²) < 4.78 is 11.2. The number of nitrogens with one attached hydrogen (secondary N) is 1. The number of hydrogen-bond acceptors (Lipinski definition) is 4. The molecule has 2 unspecified atom stereocenters. The van der Waals surface area contributed by atoms with Gasteiger partial charge in [-0.1, -0.05) is 6.42 Å². The predicted octanol–water partition coefficient (Wildman–Crippen LogP) is 1.96. The fourth-order valence-electron chi connectivity index (χ4n) is 4.77. The molecule has 1 aliphatic heterocycles. The molecule has 0 aromatic carbocycles. The lowest BCUT2D eigenvalue weighted by atomic mass is 9.51. The zero-order valence-corrected chi connectivity index (χ0v) is 16.3. The molecule has 3 fully saturated rings. The summed E-state index contributed by atoms with van der Waals surface area (Å²) in [6, 6.07) is 3.92. The smallest absolute Gasteiger partial charge is 0.289 e. The van der Waals surface area contributed by atoms with Crippen LogP contribution in [0.25, 0.3) is 0 Å². The second kappa shape index (κ2) is 7.54. The summed E-state index contributed by atoms with van der Waals surface area (Å²) in [6.07, 6.45) is 6.79. The van der Waals surface area contributed by atoms with Crippen LogP contribution in [0.4, 0.5) is 0 Å². The first-order valence-electron chi connectivity index (χ1n) is 10.1. The van der Waals surface area contributed by atoms with E-state index in [0.717, 1.165) is 32.1 Å². The SMILES string of the molecule is CCOC1CC(NC(=NC)N2CCN(C(=O)c3ccco3)CC2)C12CCC2. The van der Waals surface area contributed by atoms with Gasteiger partial charge in [0.2, 0.25) is 0 Å². The molecule has 7 nitrogen and oxygen atoms in total. The molecule has 27 heavy (non-hydrogen) atoms. The molecule has 0 bridgehead atoms. The van der Waals surface area contributed by atoms with Crippen LogP contribution in [0.2, 0.25) is 0 Å². The van der Waals surface area contributed by atoms with Crippen molar-refractivity contribution >= 4 is 11.9 Å². The van der Waals surface area contributed by atoms with Crippen molar-refractivity contribution < 1.29 is 13.9 Å². The van der Waals surface area contributed by atoms with Gasteiger partial charge >= 0.3 is 0 Å². The summed E-state index contributed by atoms with van der Waals surface area (Å²) in [5, 5.41) is 3.70. The standard InChI is InChI=1S/C20H30N4O3/c1-3-26-17-14-16(20(17)7-5-8-20)22-19(21-2)24-11-9-23(10-12-24)18(25)15-6-4-13-27-15/h4,6,13,16-17H,3,5,7-12,14H2,1-2H3,(H,21,22). The number of carbonyl (C=O) groups is 1. The van der Waals surface area contributed by atoms with Gasteiger partial charge in [0.1, 0.15) is 0 Å². The normalized spacial score (nSPS) is 27.3. The van der Waals surface area contributed by atoms with Crippen LogP contribution in [0.1, 0.15) is 43.2 Å². The van der Waals surface area contributed by atoms with E-state index >= 15 is 0 Å². The molecule has 3 aliphatic rings. The molecule has 2 aliphatic carbocycles. The minimum Gasteiger partial charge on any atom is -0.459 e. The molecule has 1 amide bonds. The van der Waals surface area contributed by atoms with E-state index in [0.29, 0.717) is 36.4 Å². The Kier molecular flexibility index (Phi) is 5.12. The molecule has 2 atom stereocenters. The molecular weight excluding hydrogens is 344 g/mol. The largest absolute Gasteiger partial charge is 0.459 e. The first-order valence-corrected chi connectivity index (χ1v) is 10.1. The Balaban J connectivity index is 1.32. The van der Waals surface area contributed by atoms with Gasteiger partial charge < -0.3 is 24.3 Å². The summed E-state index contributed by atoms with van der Waals surface area (Å²) in [5.41, 5.74) is 0.309. The number of piperazine rings is 1. The van der Waals surface area contributed by atoms with Gasteiger partial charge in [0.25, 0.3) is 5.91 Å². The van der Waals surface area contributed by atoms with Gasteiger partial charge in [-0.05, 0) is 38.3 Å². The average Bonchev–Trinajstić information content (AvgIpc) is 3.17. The lowest BCUT2D eigenvalue weighted by Crippen LogP contribution is -2.69. The number of aliphatic imine (C=N–C) groups is 1. The van der Waals surface area contributed by atoms with Crippen molar-refractivity contribution in [2.75, 3.05) is 39.8 Å². The summed E-state index contributed by atoms with van der Waals surface area (Å²) in [6.45, 7) is 5.78. The first-order chi connectivity index (χ1) is 13.2. The van der Waals surface area contributed by atoms with Crippen LogP contribution in [-0.2, 0) is 4.74 Å². The highest BCUT2D eigenvalue weighted by molar-refractivity contribution is 5.91. The number of ether oxygens (including phenoxy) is 1. The molecule has 148 valence electrons. The third-order valence-corrected chi connectivity index (χ3v) is 6.55. The first kappa shape index (κ1) is 18.3. The minimum atomic E-state index is -0.0328. The van der Waals surface area contributed by atoms with Crippen molar-refractivity contribution in [2.45, 2.75) is 44.8 Å².